The molecule has 122 valence electrons. The molecule has 22 heavy (non-hydrogen) atoms. The molecule has 2 aromatic rings. The maximum Gasteiger partial charge on any atom is 0.222 e. The van der Waals surface area contributed by atoms with Gasteiger partial charge in [0.05, 0.1) is 18.9 Å². The molecule has 0 aliphatic heterocycles. The molecule has 7 nitrogen and oxygen atoms in total. The molecule has 0 radical (unpaired) electrons. The first-order valence-corrected chi connectivity index (χ1v) is 10.3. The molecule has 0 amide bonds. The van der Waals surface area contributed by atoms with Gasteiger partial charge in [-0.25, -0.2) is 4.98 Å². The van der Waals surface area contributed by atoms with Crippen LogP contribution in [0.25, 0.3) is 0 Å². The van der Waals surface area contributed by atoms with E-state index in [1.165, 1.54) is 0 Å². The molecular weight excluding hydrogens is 298 g/mol. The number of rotatable bonds is 6. The summed E-state index contributed by atoms with van der Waals surface area (Å²) < 4.78 is 12.1. The van der Waals surface area contributed by atoms with Crippen LogP contribution in [-0.4, -0.2) is 28.7 Å². The zero-order valence-corrected chi connectivity index (χ0v) is 15.1. The molecule has 0 aromatic carbocycles. The second kappa shape index (κ2) is 6.21. The Hall–Kier alpha value is -1.67. The SMILES string of the molecule is CC(O[Si](C)(C)C(C)(C)C)c1ncc(CNc2cn[nH]n2)o1. The molecule has 2 rings (SSSR count). The van der Waals surface area contributed by atoms with Crippen molar-refractivity contribution in [3.05, 3.63) is 24.0 Å². The van der Waals surface area contributed by atoms with Gasteiger partial charge in [-0.2, -0.15) is 10.3 Å². The van der Waals surface area contributed by atoms with Gasteiger partial charge in [0.1, 0.15) is 11.9 Å². The minimum atomic E-state index is -1.84. The molecule has 2 heterocycles. The third-order valence-electron chi connectivity index (χ3n) is 4.06. The molecule has 2 aromatic heterocycles. The lowest BCUT2D eigenvalue weighted by atomic mass is 10.2. The van der Waals surface area contributed by atoms with Crippen LogP contribution in [0.4, 0.5) is 5.82 Å². The Morgan fingerprint density at radius 2 is 2.09 bits per heavy atom. The lowest BCUT2D eigenvalue weighted by Crippen LogP contribution is -2.41. The number of H-pyrrole nitrogens is 1. The van der Waals surface area contributed by atoms with Crippen molar-refractivity contribution in [1.29, 1.82) is 0 Å². The van der Waals surface area contributed by atoms with Gasteiger partial charge in [0.2, 0.25) is 5.89 Å². The zero-order chi connectivity index (χ0) is 16.4. The van der Waals surface area contributed by atoms with Crippen LogP contribution >= 0.6 is 0 Å². The summed E-state index contributed by atoms with van der Waals surface area (Å²) in [5.74, 6) is 2.02. The fourth-order valence-corrected chi connectivity index (χ4v) is 3.06. The smallest absolute Gasteiger partial charge is 0.222 e. The van der Waals surface area contributed by atoms with Gasteiger partial charge in [0, 0.05) is 0 Å². The van der Waals surface area contributed by atoms with E-state index in [4.69, 9.17) is 8.84 Å². The van der Waals surface area contributed by atoms with Crippen LogP contribution in [-0.2, 0) is 11.0 Å². The summed E-state index contributed by atoms with van der Waals surface area (Å²) in [5.41, 5.74) is 0. The van der Waals surface area contributed by atoms with Crippen LogP contribution in [0.1, 0.15) is 45.4 Å². The summed E-state index contributed by atoms with van der Waals surface area (Å²) in [6.45, 7) is 13.6. The highest BCUT2D eigenvalue weighted by Crippen LogP contribution is 2.39. The molecule has 0 saturated carbocycles. The number of aromatic amines is 1. The van der Waals surface area contributed by atoms with Crippen molar-refractivity contribution in [2.24, 2.45) is 0 Å². The van der Waals surface area contributed by atoms with Crippen molar-refractivity contribution >= 4 is 14.1 Å². The first-order valence-electron chi connectivity index (χ1n) is 7.41. The van der Waals surface area contributed by atoms with Crippen LogP contribution in [0, 0.1) is 0 Å². The molecule has 0 fully saturated rings. The predicted molar refractivity (Wildman–Crippen MR) is 86.9 cm³/mol. The molecule has 0 spiro atoms. The molecule has 0 aliphatic rings. The van der Waals surface area contributed by atoms with Crippen LogP contribution in [0.15, 0.2) is 16.8 Å². The standard InChI is InChI=1S/C14H25N5O2Si/c1-10(21-22(5,6)14(2,3)4)13-16-8-11(20-13)7-15-12-9-17-19-18-12/h8-10H,7H2,1-6H3,(H2,15,17,18,19). The minimum Gasteiger partial charge on any atom is -0.441 e. The van der Waals surface area contributed by atoms with Crippen LogP contribution in [0.2, 0.25) is 18.1 Å². The molecule has 0 saturated heterocycles. The summed E-state index contributed by atoms with van der Waals surface area (Å²) in [7, 11) is -1.84. The Balaban J connectivity index is 1.95. The maximum atomic E-state index is 6.29. The van der Waals surface area contributed by atoms with E-state index in [-0.39, 0.29) is 11.1 Å². The predicted octanol–water partition coefficient (Wildman–Crippen LogP) is 3.49. The van der Waals surface area contributed by atoms with Crippen molar-refractivity contribution < 1.29 is 8.84 Å². The number of oxazole rings is 1. The third kappa shape index (κ3) is 3.95. The second-order valence-electron chi connectivity index (χ2n) is 6.89. The van der Waals surface area contributed by atoms with Gasteiger partial charge in [0.25, 0.3) is 0 Å². The number of aromatic nitrogens is 4. The summed E-state index contributed by atoms with van der Waals surface area (Å²) in [4.78, 5) is 4.33. The van der Waals surface area contributed by atoms with E-state index < -0.39 is 8.32 Å². The zero-order valence-electron chi connectivity index (χ0n) is 14.1. The largest absolute Gasteiger partial charge is 0.441 e. The normalized spacial score (nSPS) is 14.1. The van der Waals surface area contributed by atoms with Gasteiger partial charge in [-0.1, -0.05) is 20.8 Å². The maximum absolute atomic E-state index is 6.29. The summed E-state index contributed by atoms with van der Waals surface area (Å²) >= 11 is 0. The second-order valence-corrected chi connectivity index (χ2v) is 11.7. The molecule has 1 atom stereocenters. The minimum absolute atomic E-state index is 0.151. The first-order chi connectivity index (χ1) is 10.2. The van der Waals surface area contributed by atoms with Crippen molar-refractivity contribution in [2.75, 3.05) is 5.32 Å². The van der Waals surface area contributed by atoms with Crippen molar-refractivity contribution in [1.82, 2.24) is 20.4 Å². The van der Waals surface area contributed by atoms with E-state index in [1.54, 1.807) is 12.4 Å². The quantitative estimate of drug-likeness (QED) is 0.791. The van der Waals surface area contributed by atoms with Gasteiger partial charge >= 0.3 is 0 Å². The van der Waals surface area contributed by atoms with Crippen molar-refractivity contribution in [3.8, 4) is 0 Å². The first kappa shape index (κ1) is 16.7. The average molecular weight is 323 g/mol. The Morgan fingerprint density at radius 3 is 2.68 bits per heavy atom. The Labute approximate surface area is 132 Å². The average Bonchev–Trinajstić information content (AvgIpc) is 3.06. The van der Waals surface area contributed by atoms with Gasteiger partial charge in [0.15, 0.2) is 14.1 Å². The van der Waals surface area contributed by atoms with Gasteiger partial charge in [-0.3, -0.25) is 0 Å². The fourth-order valence-electron chi connectivity index (χ4n) is 1.73. The highest BCUT2D eigenvalue weighted by atomic mass is 28.4. The number of nitrogens with zero attached hydrogens (tertiary/aromatic N) is 3. The van der Waals surface area contributed by atoms with Gasteiger partial charge in [-0.05, 0) is 25.1 Å². The van der Waals surface area contributed by atoms with E-state index in [2.05, 4.69) is 59.6 Å². The Morgan fingerprint density at radius 1 is 1.36 bits per heavy atom. The number of nitrogens with one attached hydrogen (secondary N) is 2. The number of hydrogen-bond donors (Lipinski definition) is 2. The Kier molecular flexibility index (Phi) is 4.71. The van der Waals surface area contributed by atoms with Crippen LogP contribution in [0.5, 0.6) is 0 Å². The summed E-state index contributed by atoms with van der Waals surface area (Å²) in [6.07, 6.45) is 3.18. The molecule has 0 aliphatic carbocycles. The fraction of sp³-hybridized carbons (Fsp3) is 0.643. The molecular formula is C14H25N5O2Si. The molecule has 0 bridgehead atoms. The summed E-state index contributed by atoms with van der Waals surface area (Å²) in [5, 5.41) is 13.4. The van der Waals surface area contributed by atoms with E-state index in [0.717, 1.165) is 5.76 Å². The topological polar surface area (TPSA) is 88.9 Å². The number of hydrogen-bond acceptors (Lipinski definition) is 6. The lowest BCUT2D eigenvalue weighted by Gasteiger charge is -2.37. The van der Waals surface area contributed by atoms with Crippen molar-refractivity contribution in [2.45, 2.75) is 58.5 Å². The van der Waals surface area contributed by atoms with Crippen LogP contribution < -0.4 is 5.32 Å². The molecule has 2 N–H and O–H groups in total. The monoisotopic (exact) mass is 323 g/mol. The van der Waals surface area contributed by atoms with Gasteiger partial charge < -0.3 is 14.2 Å². The van der Waals surface area contributed by atoms with Crippen LogP contribution in [0.3, 0.4) is 0 Å². The summed E-state index contributed by atoms with van der Waals surface area (Å²) in [6, 6.07) is 0. The highest BCUT2D eigenvalue weighted by molar-refractivity contribution is 6.74. The van der Waals surface area contributed by atoms with E-state index in [1.807, 2.05) is 6.92 Å². The van der Waals surface area contributed by atoms with E-state index in [0.29, 0.717) is 18.3 Å². The highest BCUT2D eigenvalue weighted by Gasteiger charge is 2.39. The Bertz CT molecular complexity index is 589. The van der Waals surface area contributed by atoms with E-state index in [9.17, 15) is 0 Å². The lowest BCUT2D eigenvalue weighted by molar-refractivity contribution is 0.167. The van der Waals surface area contributed by atoms with Crippen molar-refractivity contribution in [3.63, 3.8) is 0 Å². The number of anilines is 1. The molecule has 8 heteroatoms. The molecule has 1 unspecified atom stereocenters. The van der Waals surface area contributed by atoms with Gasteiger partial charge in [-0.15, -0.1) is 5.10 Å². The van der Waals surface area contributed by atoms with E-state index >= 15 is 0 Å². The third-order valence-corrected chi connectivity index (χ3v) is 8.61.